The smallest absolute Gasteiger partial charge is 0.0826 e. The lowest BCUT2D eigenvalue weighted by Crippen LogP contribution is -2.50. The van der Waals surface area contributed by atoms with Crippen LogP contribution in [0.4, 0.5) is 0 Å². The first-order chi connectivity index (χ1) is 8.49. The molecule has 0 saturated heterocycles. The Kier molecular flexibility index (Phi) is 5.93. The molecule has 0 aliphatic rings. The summed E-state index contributed by atoms with van der Waals surface area (Å²) in [6.07, 6.45) is 2.51. The summed E-state index contributed by atoms with van der Waals surface area (Å²) in [7, 11) is 1.72. The summed E-state index contributed by atoms with van der Waals surface area (Å²) in [4.78, 5) is 0. The third-order valence-corrected chi connectivity index (χ3v) is 4.46. The van der Waals surface area contributed by atoms with Crippen LogP contribution in [0.3, 0.4) is 0 Å². The first-order valence-corrected chi connectivity index (χ1v) is 6.99. The molecule has 102 valence electrons. The molecular weight excluding hydrogens is 269 g/mol. The molecule has 0 spiro atoms. The van der Waals surface area contributed by atoms with Crippen LogP contribution in [0.1, 0.15) is 32.3 Å². The van der Waals surface area contributed by atoms with Crippen molar-refractivity contribution in [2.24, 2.45) is 5.73 Å². The van der Waals surface area contributed by atoms with Crippen LogP contribution in [0, 0.1) is 0 Å². The van der Waals surface area contributed by atoms with Crippen molar-refractivity contribution in [2.75, 3.05) is 7.11 Å². The SMILES string of the molecule is CCC(CC)(OC)C(N)Cc1ccc(Cl)c(Cl)c1. The summed E-state index contributed by atoms with van der Waals surface area (Å²) in [6, 6.07) is 5.57. The minimum Gasteiger partial charge on any atom is -0.377 e. The largest absolute Gasteiger partial charge is 0.377 e. The van der Waals surface area contributed by atoms with Crippen LogP contribution >= 0.6 is 23.2 Å². The summed E-state index contributed by atoms with van der Waals surface area (Å²) in [5.74, 6) is 0. The fourth-order valence-corrected chi connectivity index (χ4v) is 2.64. The summed E-state index contributed by atoms with van der Waals surface area (Å²) >= 11 is 11.9. The van der Waals surface area contributed by atoms with Crippen LogP contribution < -0.4 is 5.73 Å². The number of hydrogen-bond donors (Lipinski definition) is 1. The summed E-state index contributed by atoms with van der Waals surface area (Å²) in [5.41, 5.74) is 7.12. The molecule has 0 aliphatic heterocycles. The van der Waals surface area contributed by atoms with Crippen molar-refractivity contribution < 1.29 is 4.74 Å². The zero-order valence-corrected chi connectivity index (χ0v) is 12.7. The van der Waals surface area contributed by atoms with Crippen molar-refractivity contribution >= 4 is 23.2 Å². The molecule has 0 radical (unpaired) electrons. The van der Waals surface area contributed by atoms with E-state index in [1.807, 2.05) is 12.1 Å². The van der Waals surface area contributed by atoms with E-state index >= 15 is 0 Å². The van der Waals surface area contributed by atoms with Gasteiger partial charge in [0.2, 0.25) is 0 Å². The number of benzene rings is 1. The monoisotopic (exact) mass is 289 g/mol. The van der Waals surface area contributed by atoms with Gasteiger partial charge in [0.25, 0.3) is 0 Å². The zero-order chi connectivity index (χ0) is 13.8. The number of methoxy groups -OCH3 is 1. The van der Waals surface area contributed by atoms with Crippen molar-refractivity contribution in [3.8, 4) is 0 Å². The van der Waals surface area contributed by atoms with Crippen molar-refractivity contribution in [3.63, 3.8) is 0 Å². The van der Waals surface area contributed by atoms with Gasteiger partial charge in [-0.1, -0.05) is 43.1 Å². The lowest BCUT2D eigenvalue weighted by atomic mass is 9.85. The maximum Gasteiger partial charge on any atom is 0.0826 e. The number of ether oxygens (including phenoxy) is 1. The van der Waals surface area contributed by atoms with Gasteiger partial charge in [-0.2, -0.15) is 0 Å². The molecule has 2 N–H and O–H groups in total. The molecule has 2 nitrogen and oxygen atoms in total. The Morgan fingerprint density at radius 3 is 2.28 bits per heavy atom. The van der Waals surface area contributed by atoms with E-state index in [1.165, 1.54) is 0 Å². The molecule has 1 aromatic rings. The Bertz CT molecular complexity index is 383. The Labute approximate surface area is 119 Å². The molecule has 0 aromatic heterocycles. The minimum absolute atomic E-state index is 0.0604. The first kappa shape index (κ1) is 15.8. The average Bonchev–Trinajstić information content (AvgIpc) is 2.37. The highest BCUT2D eigenvalue weighted by Gasteiger charge is 2.33. The second kappa shape index (κ2) is 6.76. The molecule has 1 atom stereocenters. The van der Waals surface area contributed by atoms with E-state index in [4.69, 9.17) is 33.7 Å². The highest BCUT2D eigenvalue weighted by Crippen LogP contribution is 2.27. The van der Waals surface area contributed by atoms with Crippen molar-refractivity contribution in [3.05, 3.63) is 33.8 Å². The normalized spacial score (nSPS) is 13.7. The van der Waals surface area contributed by atoms with Gasteiger partial charge in [-0.05, 0) is 37.0 Å². The van der Waals surface area contributed by atoms with Crippen LogP contribution in [0.25, 0.3) is 0 Å². The molecule has 1 unspecified atom stereocenters. The molecule has 1 rings (SSSR count). The molecule has 0 saturated carbocycles. The van der Waals surface area contributed by atoms with Gasteiger partial charge >= 0.3 is 0 Å². The molecule has 0 aliphatic carbocycles. The lowest BCUT2D eigenvalue weighted by molar-refractivity contribution is -0.0374. The second-order valence-corrected chi connectivity index (χ2v) is 5.35. The Hall–Kier alpha value is -0.280. The zero-order valence-electron chi connectivity index (χ0n) is 11.2. The van der Waals surface area contributed by atoms with E-state index in [0.29, 0.717) is 10.0 Å². The van der Waals surface area contributed by atoms with Crippen LogP contribution in [-0.4, -0.2) is 18.8 Å². The molecule has 0 fully saturated rings. The summed E-state index contributed by atoms with van der Waals surface area (Å²) < 4.78 is 5.64. The number of nitrogens with two attached hydrogens (primary N) is 1. The predicted molar refractivity (Wildman–Crippen MR) is 78.5 cm³/mol. The molecule has 0 heterocycles. The van der Waals surface area contributed by atoms with Gasteiger partial charge in [0.05, 0.1) is 15.6 Å². The fraction of sp³-hybridized carbons (Fsp3) is 0.571. The quantitative estimate of drug-likeness (QED) is 0.857. The van der Waals surface area contributed by atoms with E-state index in [1.54, 1.807) is 13.2 Å². The van der Waals surface area contributed by atoms with Gasteiger partial charge in [-0.3, -0.25) is 0 Å². The van der Waals surface area contributed by atoms with Gasteiger partial charge in [-0.25, -0.2) is 0 Å². The van der Waals surface area contributed by atoms with Gasteiger partial charge in [0, 0.05) is 13.2 Å². The highest BCUT2D eigenvalue weighted by molar-refractivity contribution is 6.42. The Morgan fingerprint density at radius 1 is 1.22 bits per heavy atom. The second-order valence-electron chi connectivity index (χ2n) is 4.54. The van der Waals surface area contributed by atoms with Crippen molar-refractivity contribution in [1.82, 2.24) is 0 Å². The van der Waals surface area contributed by atoms with Gasteiger partial charge in [0.15, 0.2) is 0 Å². The van der Waals surface area contributed by atoms with Crippen molar-refractivity contribution in [2.45, 2.75) is 44.8 Å². The topological polar surface area (TPSA) is 35.2 Å². The fourth-order valence-electron chi connectivity index (χ4n) is 2.32. The first-order valence-electron chi connectivity index (χ1n) is 6.23. The van der Waals surface area contributed by atoms with Crippen LogP contribution in [0.2, 0.25) is 10.0 Å². The third kappa shape index (κ3) is 3.39. The van der Waals surface area contributed by atoms with E-state index in [2.05, 4.69) is 13.8 Å². The van der Waals surface area contributed by atoms with E-state index in [0.717, 1.165) is 24.8 Å². The number of rotatable bonds is 6. The highest BCUT2D eigenvalue weighted by atomic mass is 35.5. The molecular formula is C14H21Cl2NO. The maximum absolute atomic E-state index is 6.30. The third-order valence-electron chi connectivity index (χ3n) is 3.72. The van der Waals surface area contributed by atoms with Gasteiger partial charge in [0.1, 0.15) is 0 Å². The summed E-state index contributed by atoms with van der Waals surface area (Å²) in [6.45, 7) is 4.20. The minimum atomic E-state index is -0.272. The van der Waals surface area contributed by atoms with E-state index < -0.39 is 0 Å². The van der Waals surface area contributed by atoms with Gasteiger partial charge in [-0.15, -0.1) is 0 Å². The summed E-state index contributed by atoms with van der Waals surface area (Å²) in [5, 5.41) is 1.13. The van der Waals surface area contributed by atoms with Gasteiger partial charge < -0.3 is 10.5 Å². The molecule has 18 heavy (non-hydrogen) atoms. The molecule has 1 aromatic carbocycles. The predicted octanol–water partition coefficient (Wildman–Crippen LogP) is 4.07. The van der Waals surface area contributed by atoms with Crippen molar-refractivity contribution in [1.29, 1.82) is 0 Å². The van der Waals surface area contributed by atoms with E-state index in [9.17, 15) is 0 Å². The average molecular weight is 290 g/mol. The molecule has 0 bridgehead atoms. The van der Waals surface area contributed by atoms with E-state index in [-0.39, 0.29) is 11.6 Å². The lowest BCUT2D eigenvalue weighted by Gasteiger charge is -2.36. The molecule has 4 heteroatoms. The Balaban J connectivity index is 2.85. The Morgan fingerprint density at radius 2 is 1.83 bits per heavy atom. The number of halogens is 2. The van der Waals surface area contributed by atoms with Crippen LogP contribution in [0.5, 0.6) is 0 Å². The van der Waals surface area contributed by atoms with Crippen LogP contribution in [-0.2, 0) is 11.2 Å². The standard InChI is InChI=1S/C14H21Cl2NO/c1-4-14(5-2,18-3)13(17)9-10-6-7-11(15)12(16)8-10/h6-8,13H,4-5,9,17H2,1-3H3. The number of hydrogen-bond acceptors (Lipinski definition) is 2. The molecule has 0 amide bonds. The van der Waals surface area contributed by atoms with Crippen LogP contribution in [0.15, 0.2) is 18.2 Å². The maximum atomic E-state index is 6.30.